The molecule has 0 fully saturated rings. The highest BCUT2D eigenvalue weighted by Gasteiger charge is 2.37. The highest BCUT2D eigenvalue weighted by Crippen LogP contribution is 2.34. The number of hydrogen-bond acceptors (Lipinski definition) is 6. The van der Waals surface area contributed by atoms with Gasteiger partial charge in [0.2, 0.25) is 0 Å². The third-order valence-corrected chi connectivity index (χ3v) is 8.19. The number of benzene rings is 5. The molecule has 1 aromatic heterocycles. The zero-order valence-corrected chi connectivity index (χ0v) is 24.1. The minimum atomic E-state index is -0.353. The molecule has 0 saturated carbocycles. The van der Waals surface area contributed by atoms with Crippen LogP contribution in [0.25, 0.3) is 33.9 Å². The fourth-order valence-corrected chi connectivity index (χ4v) is 5.87. The summed E-state index contributed by atoms with van der Waals surface area (Å²) >= 11 is 0. The molecule has 5 aromatic carbocycles. The van der Waals surface area contributed by atoms with Gasteiger partial charge in [0.05, 0.1) is 45.0 Å². The largest absolute Gasteiger partial charge is 0.268 e. The van der Waals surface area contributed by atoms with Crippen molar-refractivity contribution >= 4 is 35.0 Å². The lowest BCUT2D eigenvalue weighted by atomic mass is 10.1. The number of rotatable bonds is 5. The Kier molecular flexibility index (Phi) is 6.21. The van der Waals surface area contributed by atoms with Crippen LogP contribution in [0.4, 0.5) is 11.4 Å². The van der Waals surface area contributed by atoms with Crippen LogP contribution < -0.4 is 9.80 Å². The van der Waals surface area contributed by atoms with Gasteiger partial charge in [0.15, 0.2) is 5.82 Å². The van der Waals surface area contributed by atoms with E-state index in [1.54, 1.807) is 72.8 Å². The van der Waals surface area contributed by atoms with E-state index in [1.807, 2.05) is 60.7 Å². The number of anilines is 2. The van der Waals surface area contributed by atoms with E-state index >= 15 is 0 Å². The molecule has 218 valence electrons. The molecule has 0 spiro atoms. The molecular formula is C38H22N4O4. The number of imide groups is 2. The summed E-state index contributed by atoms with van der Waals surface area (Å²) < 4.78 is 0. The molecule has 0 saturated heterocycles. The molecule has 8 heteroatoms. The van der Waals surface area contributed by atoms with Gasteiger partial charge in [0.1, 0.15) is 0 Å². The average molecular weight is 599 g/mol. The van der Waals surface area contributed by atoms with E-state index in [0.29, 0.717) is 50.8 Å². The van der Waals surface area contributed by atoms with Crippen LogP contribution in [0.2, 0.25) is 0 Å². The van der Waals surface area contributed by atoms with Gasteiger partial charge >= 0.3 is 0 Å². The van der Waals surface area contributed by atoms with Gasteiger partial charge in [0.25, 0.3) is 23.6 Å². The predicted octanol–water partition coefficient (Wildman–Crippen LogP) is 7.08. The van der Waals surface area contributed by atoms with E-state index < -0.39 is 0 Å². The molecule has 6 aromatic rings. The molecule has 0 unspecified atom stereocenters. The van der Waals surface area contributed by atoms with Crippen molar-refractivity contribution < 1.29 is 19.2 Å². The molecule has 0 radical (unpaired) electrons. The van der Waals surface area contributed by atoms with Crippen LogP contribution in [0, 0.1) is 0 Å². The molecule has 3 heterocycles. The molecule has 8 nitrogen and oxygen atoms in total. The normalized spacial score (nSPS) is 13.7. The van der Waals surface area contributed by atoms with E-state index in [4.69, 9.17) is 9.97 Å². The monoisotopic (exact) mass is 598 g/mol. The van der Waals surface area contributed by atoms with Crippen molar-refractivity contribution in [3.8, 4) is 33.9 Å². The Morgan fingerprint density at radius 1 is 0.370 bits per heavy atom. The summed E-state index contributed by atoms with van der Waals surface area (Å²) in [7, 11) is 0. The van der Waals surface area contributed by atoms with Gasteiger partial charge in [-0.3, -0.25) is 19.2 Å². The fourth-order valence-electron chi connectivity index (χ4n) is 5.87. The highest BCUT2D eigenvalue weighted by atomic mass is 16.2. The second-order valence-corrected chi connectivity index (χ2v) is 10.9. The topological polar surface area (TPSA) is 101 Å². The van der Waals surface area contributed by atoms with Gasteiger partial charge in [-0.15, -0.1) is 0 Å². The number of nitrogens with zero attached hydrogens (tertiary/aromatic N) is 4. The SMILES string of the molecule is O=C1c2ccccc2C(=O)N1c1ccc(-c2cc(-c3ccc(N4C(=O)c5ccccc5C4=O)cc3)nc(-c3ccccc3)n2)cc1. The Morgan fingerprint density at radius 2 is 0.717 bits per heavy atom. The van der Waals surface area contributed by atoms with Crippen LogP contribution in [0.15, 0.2) is 133 Å². The number of amides is 4. The lowest BCUT2D eigenvalue weighted by Crippen LogP contribution is -2.29. The Bertz CT molecular complexity index is 2020. The Balaban J connectivity index is 1.14. The van der Waals surface area contributed by atoms with E-state index in [1.165, 1.54) is 9.80 Å². The van der Waals surface area contributed by atoms with Gasteiger partial charge in [-0.1, -0.05) is 78.9 Å². The molecule has 0 aliphatic carbocycles. The van der Waals surface area contributed by atoms with Gasteiger partial charge in [-0.05, 0) is 54.6 Å². The molecule has 46 heavy (non-hydrogen) atoms. The summed E-state index contributed by atoms with van der Waals surface area (Å²) in [4.78, 5) is 64.1. The third-order valence-electron chi connectivity index (χ3n) is 8.19. The first-order valence-corrected chi connectivity index (χ1v) is 14.6. The first-order chi connectivity index (χ1) is 22.5. The van der Waals surface area contributed by atoms with Crippen LogP contribution in [0.3, 0.4) is 0 Å². The number of carbonyl (C=O) groups excluding carboxylic acids is 4. The van der Waals surface area contributed by atoms with Crippen LogP contribution in [0.5, 0.6) is 0 Å². The molecule has 0 atom stereocenters. The molecule has 0 bridgehead atoms. The van der Waals surface area contributed by atoms with Crippen molar-refractivity contribution in [1.29, 1.82) is 0 Å². The van der Waals surface area contributed by atoms with Crippen molar-refractivity contribution in [1.82, 2.24) is 9.97 Å². The Morgan fingerprint density at radius 3 is 1.09 bits per heavy atom. The van der Waals surface area contributed by atoms with Crippen molar-refractivity contribution in [3.63, 3.8) is 0 Å². The summed E-state index contributed by atoms with van der Waals surface area (Å²) in [5, 5.41) is 0. The number of aromatic nitrogens is 2. The van der Waals surface area contributed by atoms with Crippen LogP contribution >= 0.6 is 0 Å². The maximum atomic E-state index is 13.0. The van der Waals surface area contributed by atoms with Crippen molar-refractivity contribution in [3.05, 3.63) is 156 Å². The van der Waals surface area contributed by atoms with Gasteiger partial charge in [0, 0.05) is 16.7 Å². The highest BCUT2D eigenvalue weighted by molar-refractivity contribution is 6.35. The van der Waals surface area contributed by atoms with E-state index in [9.17, 15) is 19.2 Å². The van der Waals surface area contributed by atoms with Gasteiger partial charge < -0.3 is 0 Å². The van der Waals surface area contributed by atoms with Crippen molar-refractivity contribution in [2.75, 3.05) is 9.80 Å². The molecule has 2 aliphatic rings. The van der Waals surface area contributed by atoms with Crippen molar-refractivity contribution in [2.24, 2.45) is 0 Å². The minimum Gasteiger partial charge on any atom is -0.268 e. The summed E-state index contributed by atoms with van der Waals surface area (Å²) in [6, 6.07) is 39.3. The molecule has 2 aliphatic heterocycles. The lowest BCUT2D eigenvalue weighted by molar-refractivity contribution is 0.0910. The first-order valence-electron chi connectivity index (χ1n) is 14.6. The smallest absolute Gasteiger partial charge is 0.266 e. The van der Waals surface area contributed by atoms with E-state index in [-0.39, 0.29) is 23.6 Å². The summed E-state index contributed by atoms with van der Waals surface area (Å²) in [6.45, 7) is 0. The second-order valence-electron chi connectivity index (χ2n) is 10.9. The fraction of sp³-hybridized carbons (Fsp3) is 0. The summed E-state index contributed by atoms with van der Waals surface area (Å²) in [6.07, 6.45) is 0. The van der Waals surface area contributed by atoms with Gasteiger partial charge in [-0.25, -0.2) is 19.8 Å². The Hall–Kier alpha value is -6.54. The Labute approximate surface area is 263 Å². The molecular weight excluding hydrogens is 576 g/mol. The number of fused-ring (bicyclic) bond motifs is 2. The third kappa shape index (κ3) is 4.31. The zero-order valence-electron chi connectivity index (χ0n) is 24.1. The first kappa shape index (κ1) is 27.0. The average Bonchev–Trinajstić information content (AvgIpc) is 3.52. The maximum Gasteiger partial charge on any atom is 0.266 e. The standard InChI is InChI=1S/C38H22N4O4/c43-35-28-10-4-5-11-29(28)36(44)41(35)26-18-14-23(15-19-26)32-22-33(40-34(39-32)25-8-2-1-3-9-25)24-16-20-27(21-17-24)42-37(45)30-12-6-7-13-31(30)38(42)46/h1-22H. The summed E-state index contributed by atoms with van der Waals surface area (Å²) in [5.41, 5.74) is 6.13. The zero-order chi connectivity index (χ0) is 31.4. The van der Waals surface area contributed by atoms with Gasteiger partial charge in [-0.2, -0.15) is 0 Å². The van der Waals surface area contributed by atoms with Crippen LogP contribution in [-0.4, -0.2) is 33.6 Å². The second kappa shape index (κ2) is 10.6. The lowest BCUT2D eigenvalue weighted by Gasteiger charge is -2.15. The number of hydrogen-bond donors (Lipinski definition) is 0. The predicted molar refractivity (Wildman–Crippen MR) is 174 cm³/mol. The molecule has 4 amide bonds. The molecule has 0 N–H and O–H groups in total. The van der Waals surface area contributed by atoms with E-state index in [2.05, 4.69) is 0 Å². The maximum absolute atomic E-state index is 13.0. The van der Waals surface area contributed by atoms with E-state index in [0.717, 1.165) is 16.7 Å². The molecule has 8 rings (SSSR count). The van der Waals surface area contributed by atoms with Crippen LogP contribution in [-0.2, 0) is 0 Å². The number of carbonyl (C=O) groups is 4. The summed E-state index contributed by atoms with van der Waals surface area (Å²) in [5.74, 6) is -0.897. The quantitative estimate of drug-likeness (QED) is 0.197. The van der Waals surface area contributed by atoms with Crippen molar-refractivity contribution in [2.45, 2.75) is 0 Å². The van der Waals surface area contributed by atoms with Crippen LogP contribution in [0.1, 0.15) is 41.4 Å². The minimum absolute atomic E-state index is 0.353.